The van der Waals surface area contributed by atoms with Crippen LogP contribution in [-0.2, 0) is 6.42 Å². The molecule has 36 heavy (non-hydrogen) atoms. The Hall–Kier alpha value is -3.25. The quantitative estimate of drug-likeness (QED) is 0.673. The van der Waals surface area contributed by atoms with E-state index in [2.05, 4.69) is 38.7 Å². The topological polar surface area (TPSA) is 128 Å². The number of fused-ring (bicyclic) bond motifs is 1. The van der Waals surface area contributed by atoms with Crippen LogP contribution in [0.3, 0.4) is 0 Å². The Bertz CT molecular complexity index is 1270. The van der Waals surface area contributed by atoms with Crippen LogP contribution in [0, 0.1) is 35.0 Å². The van der Waals surface area contributed by atoms with Gasteiger partial charge in [0.1, 0.15) is 0 Å². The number of likely N-dealkylation sites (tertiary alicyclic amines) is 1. The lowest BCUT2D eigenvalue weighted by atomic mass is 9.52. The fraction of sp³-hybridized carbons (Fsp3) is 0.593. The predicted octanol–water partition coefficient (Wildman–Crippen LogP) is 3.43. The van der Waals surface area contributed by atoms with Crippen molar-refractivity contribution in [2.24, 2.45) is 23.7 Å². The Morgan fingerprint density at radius 3 is 2.72 bits per heavy atom. The third-order valence-corrected chi connectivity index (χ3v) is 9.16. The highest BCUT2D eigenvalue weighted by atomic mass is 16.5. The van der Waals surface area contributed by atoms with Gasteiger partial charge in [-0.25, -0.2) is 0 Å². The molecule has 0 spiro atoms. The van der Waals surface area contributed by atoms with Crippen LogP contribution >= 0.6 is 0 Å². The van der Waals surface area contributed by atoms with Crippen molar-refractivity contribution in [2.45, 2.75) is 63.0 Å². The van der Waals surface area contributed by atoms with E-state index in [9.17, 15) is 9.90 Å². The van der Waals surface area contributed by atoms with E-state index in [0.29, 0.717) is 49.2 Å². The summed E-state index contributed by atoms with van der Waals surface area (Å²) in [4.78, 5) is 23.9. The summed E-state index contributed by atoms with van der Waals surface area (Å²) in [6.45, 7) is 1.05. The zero-order valence-corrected chi connectivity index (χ0v) is 20.2. The summed E-state index contributed by atoms with van der Waals surface area (Å²) < 4.78 is 5.62. The Labute approximate surface area is 209 Å². The standard InChI is InChI=1S/C27H30N6O3/c28-13-15-4-6-33(7-5-15)26(34)24-31-25(36-32-24)20-14-29-21-3-1-2-19(21)23(20)30-22-17-8-16-9-18(22)12-27(35,10-16)11-17/h1-2,14-18,22,35H,3-12H2,(H,29,30). The minimum atomic E-state index is -0.485. The van der Waals surface area contributed by atoms with Crippen LogP contribution < -0.4 is 5.32 Å². The van der Waals surface area contributed by atoms with Gasteiger partial charge in [0.2, 0.25) is 0 Å². The number of nitrogens with one attached hydrogen (secondary N) is 1. The molecule has 2 unspecified atom stereocenters. The summed E-state index contributed by atoms with van der Waals surface area (Å²) in [5.41, 5.74) is 3.23. The van der Waals surface area contributed by atoms with E-state index in [1.807, 2.05) is 0 Å². The highest BCUT2D eigenvalue weighted by Gasteiger charge is 2.55. The number of nitrogens with zero attached hydrogens (tertiary/aromatic N) is 5. The van der Waals surface area contributed by atoms with Crippen LogP contribution in [-0.4, -0.2) is 55.8 Å². The molecular weight excluding hydrogens is 456 g/mol. The van der Waals surface area contributed by atoms with Gasteiger partial charge in [-0.05, 0) is 62.7 Å². The molecule has 1 aliphatic heterocycles. The number of nitriles is 1. The second-order valence-corrected chi connectivity index (χ2v) is 11.5. The molecule has 4 bridgehead atoms. The first-order chi connectivity index (χ1) is 17.5. The number of piperidine rings is 1. The Morgan fingerprint density at radius 1 is 1.22 bits per heavy atom. The van der Waals surface area contributed by atoms with E-state index >= 15 is 0 Å². The normalized spacial score (nSPS) is 32.5. The molecule has 0 radical (unpaired) electrons. The van der Waals surface area contributed by atoms with E-state index in [1.165, 1.54) is 0 Å². The van der Waals surface area contributed by atoms with Gasteiger partial charge in [-0.15, -0.1) is 0 Å². The number of anilines is 1. The number of carbonyl (C=O) groups is 1. The number of rotatable bonds is 4. The Morgan fingerprint density at radius 2 is 2.00 bits per heavy atom. The van der Waals surface area contributed by atoms with E-state index in [1.54, 1.807) is 11.1 Å². The van der Waals surface area contributed by atoms with Gasteiger partial charge in [-0.2, -0.15) is 10.2 Å². The molecule has 3 heterocycles. The fourth-order valence-corrected chi connectivity index (χ4v) is 7.67. The van der Waals surface area contributed by atoms with Crippen molar-refractivity contribution in [1.82, 2.24) is 20.0 Å². The summed E-state index contributed by atoms with van der Waals surface area (Å²) in [6.07, 6.45) is 13.1. The number of aromatic nitrogens is 3. The van der Waals surface area contributed by atoms with Gasteiger partial charge in [0.25, 0.3) is 17.6 Å². The average molecular weight is 487 g/mol. The van der Waals surface area contributed by atoms with Gasteiger partial charge in [-0.3, -0.25) is 9.78 Å². The molecule has 9 nitrogen and oxygen atoms in total. The Balaban J connectivity index is 1.18. The van der Waals surface area contributed by atoms with E-state index in [4.69, 9.17) is 9.78 Å². The number of amides is 1. The Kier molecular flexibility index (Phi) is 4.97. The van der Waals surface area contributed by atoms with Crippen LogP contribution in [0.25, 0.3) is 17.5 Å². The molecule has 2 aromatic rings. The van der Waals surface area contributed by atoms with Crippen molar-refractivity contribution in [2.75, 3.05) is 18.4 Å². The average Bonchev–Trinajstić information content (AvgIpc) is 3.55. The maximum atomic E-state index is 13.0. The monoisotopic (exact) mass is 486 g/mol. The summed E-state index contributed by atoms with van der Waals surface area (Å²) >= 11 is 0. The summed E-state index contributed by atoms with van der Waals surface area (Å²) in [5.74, 6) is 1.58. The van der Waals surface area contributed by atoms with Gasteiger partial charge in [0.15, 0.2) is 0 Å². The van der Waals surface area contributed by atoms with Gasteiger partial charge >= 0.3 is 0 Å². The molecule has 6 aliphatic rings. The number of allylic oxidation sites excluding steroid dienone is 1. The number of hydrogen-bond donors (Lipinski definition) is 2. The number of carbonyl (C=O) groups excluding carboxylic acids is 1. The fourth-order valence-electron chi connectivity index (χ4n) is 7.67. The van der Waals surface area contributed by atoms with Gasteiger partial charge in [-0.1, -0.05) is 17.3 Å². The third-order valence-electron chi connectivity index (χ3n) is 9.16. The first-order valence-corrected chi connectivity index (χ1v) is 13.2. The molecule has 186 valence electrons. The van der Waals surface area contributed by atoms with Gasteiger partial charge < -0.3 is 19.8 Å². The smallest absolute Gasteiger partial charge is 0.295 e. The molecule has 5 aliphatic carbocycles. The molecule has 1 amide bonds. The summed E-state index contributed by atoms with van der Waals surface area (Å²) in [7, 11) is 0. The van der Waals surface area contributed by atoms with Crippen molar-refractivity contribution >= 4 is 17.7 Å². The lowest BCUT2D eigenvalue weighted by molar-refractivity contribution is -0.129. The molecule has 2 atom stereocenters. The van der Waals surface area contributed by atoms with Gasteiger partial charge in [0.05, 0.1) is 28.6 Å². The van der Waals surface area contributed by atoms with Gasteiger partial charge in [0, 0.05) is 43.2 Å². The maximum absolute atomic E-state index is 13.0. The molecule has 2 aromatic heterocycles. The van der Waals surface area contributed by atoms with Crippen molar-refractivity contribution in [1.29, 1.82) is 5.26 Å². The van der Waals surface area contributed by atoms with Crippen molar-refractivity contribution in [3.05, 3.63) is 29.4 Å². The lowest BCUT2D eigenvalue weighted by Gasteiger charge is -2.58. The second-order valence-electron chi connectivity index (χ2n) is 11.5. The molecule has 8 rings (SSSR count). The van der Waals surface area contributed by atoms with E-state index < -0.39 is 5.60 Å². The maximum Gasteiger partial charge on any atom is 0.295 e. The molecule has 9 heteroatoms. The van der Waals surface area contributed by atoms with Crippen LogP contribution in [0.4, 0.5) is 5.69 Å². The minimum absolute atomic E-state index is 0.0000512. The molecule has 2 N–H and O–H groups in total. The van der Waals surface area contributed by atoms with Crippen molar-refractivity contribution in [3.8, 4) is 17.5 Å². The first kappa shape index (κ1) is 22.0. The predicted molar refractivity (Wildman–Crippen MR) is 130 cm³/mol. The molecule has 4 saturated carbocycles. The number of aliphatic hydroxyl groups is 1. The highest BCUT2D eigenvalue weighted by molar-refractivity contribution is 5.91. The van der Waals surface area contributed by atoms with Crippen LogP contribution in [0.1, 0.15) is 66.8 Å². The molecule has 5 fully saturated rings. The van der Waals surface area contributed by atoms with Crippen LogP contribution in [0.2, 0.25) is 0 Å². The minimum Gasteiger partial charge on any atom is -0.390 e. The first-order valence-electron chi connectivity index (χ1n) is 13.2. The number of hydrogen-bond acceptors (Lipinski definition) is 8. The third kappa shape index (κ3) is 3.53. The molecule has 0 aromatic carbocycles. The molecular formula is C27H30N6O3. The largest absolute Gasteiger partial charge is 0.390 e. The van der Waals surface area contributed by atoms with E-state index in [-0.39, 0.29) is 29.6 Å². The lowest BCUT2D eigenvalue weighted by Crippen LogP contribution is -2.59. The zero-order chi connectivity index (χ0) is 24.4. The molecule has 1 saturated heterocycles. The van der Waals surface area contributed by atoms with Crippen molar-refractivity contribution < 1.29 is 14.4 Å². The number of pyridine rings is 1. The summed E-state index contributed by atoms with van der Waals surface area (Å²) in [6, 6.07) is 2.57. The summed E-state index contributed by atoms with van der Waals surface area (Å²) in [5, 5.41) is 28.0. The zero-order valence-electron chi connectivity index (χ0n) is 20.2. The van der Waals surface area contributed by atoms with E-state index in [0.717, 1.165) is 55.5 Å². The van der Waals surface area contributed by atoms with Crippen LogP contribution in [0.5, 0.6) is 0 Å². The van der Waals surface area contributed by atoms with Crippen molar-refractivity contribution in [3.63, 3.8) is 0 Å². The van der Waals surface area contributed by atoms with Crippen LogP contribution in [0.15, 0.2) is 16.8 Å². The SMILES string of the molecule is N#CC1CCN(C(=O)c2noc(-c3cnc4c(c3NC3C5CC6CC3CC(O)(C6)C5)C=CC4)n2)CC1. The highest BCUT2D eigenvalue weighted by Crippen LogP contribution is 2.56. The second kappa shape index (κ2) is 8.13.